The number of rotatable bonds is 8. The van der Waals surface area contributed by atoms with E-state index >= 15 is 0 Å². The molecule has 0 amide bonds. The number of alkyl halides is 1. The SMILES string of the molecule is CCN(CCBr)c1ccc(N=Nc2ccc(/C=N/N=c3\sc4ccccc4n3C)cc2)cc1. The molecule has 0 bridgehead atoms. The highest BCUT2D eigenvalue weighted by Gasteiger charge is 2.03. The Morgan fingerprint density at radius 3 is 2.24 bits per heavy atom. The van der Waals surface area contributed by atoms with Crippen molar-refractivity contribution in [2.24, 2.45) is 27.5 Å². The van der Waals surface area contributed by atoms with E-state index in [-0.39, 0.29) is 0 Å². The van der Waals surface area contributed by atoms with Gasteiger partial charge in [0.15, 0.2) is 0 Å². The standard InChI is InChI=1S/C25H25BrN6S/c1-3-32(17-16-26)22-14-12-21(13-15-22)29-28-20-10-8-19(9-11-20)18-27-30-25-31(2)23-6-4-5-7-24(23)33-25/h4-15,18H,3,16-17H2,1-2H3/b27-18+,29-28?,30-25-. The summed E-state index contributed by atoms with van der Waals surface area (Å²) >= 11 is 5.13. The number of aryl methyl sites for hydroxylation is 1. The van der Waals surface area contributed by atoms with Gasteiger partial charge in [-0.25, -0.2) is 0 Å². The highest BCUT2D eigenvalue weighted by atomic mass is 79.9. The van der Waals surface area contributed by atoms with Gasteiger partial charge in [-0.05, 0) is 61.0 Å². The third-order valence-corrected chi connectivity index (χ3v) is 6.65. The molecule has 0 aliphatic carbocycles. The van der Waals surface area contributed by atoms with Crippen molar-refractivity contribution in [2.75, 3.05) is 23.3 Å². The summed E-state index contributed by atoms with van der Waals surface area (Å²) < 4.78 is 3.24. The van der Waals surface area contributed by atoms with Gasteiger partial charge < -0.3 is 9.47 Å². The summed E-state index contributed by atoms with van der Waals surface area (Å²) in [6.07, 6.45) is 1.75. The molecule has 0 spiro atoms. The van der Waals surface area contributed by atoms with E-state index in [1.807, 2.05) is 55.6 Å². The maximum Gasteiger partial charge on any atom is 0.211 e. The molecule has 4 rings (SSSR count). The predicted molar refractivity (Wildman–Crippen MR) is 143 cm³/mol. The number of fused-ring (bicyclic) bond motifs is 1. The number of hydrogen-bond acceptors (Lipinski definition) is 6. The number of hydrogen-bond donors (Lipinski definition) is 0. The van der Waals surface area contributed by atoms with Crippen molar-refractivity contribution in [2.45, 2.75) is 6.92 Å². The van der Waals surface area contributed by atoms with E-state index in [4.69, 9.17) is 0 Å². The van der Waals surface area contributed by atoms with Crippen LogP contribution in [-0.4, -0.2) is 29.2 Å². The predicted octanol–water partition coefficient (Wildman–Crippen LogP) is 6.81. The van der Waals surface area contributed by atoms with Crippen LogP contribution in [0, 0.1) is 0 Å². The molecule has 0 unspecified atom stereocenters. The van der Waals surface area contributed by atoms with E-state index in [0.29, 0.717) is 0 Å². The van der Waals surface area contributed by atoms with Crippen molar-refractivity contribution in [3.05, 3.63) is 83.2 Å². The zero-order chi connectivity index (χ0) is 23.0. The Hall–Kier alpha value is -3.10. The first kappa shape index (κ1) is 23.1. The van der Waals surface area contributed by atoms with E-state index in [1.165, 1.54) is 10.4 Å². The molecule has 168 valence electrons. The first-order chi connectivity index (χ1) is 16.2. The van der Waals surface area contributed by atoms with Crippen molar-refractivity contribution in [3.63, 3.8) is 0 Å². The molecule has 0 atom stereocenters. The quantitative estimate of drug-likeness (QED) is 0.109. The van der Waals surface area contributed by atoms with Crippen molar-refractivity contribution in [1.82, 2.24) is 4.57 Å². The first-order valence-electron chi connectivity index (χ1n) is 10.7. The zero-order valence-electron chi connectivity index (χ0n) is 18.6. The Labute approximate surface area is 205 Å². The Balaban J connectivity index is 1.41. The lowest BCUT2D eigenvalue weighted by molar-refractivity contribution is 0.875. The van der Waals surface area contributed by atoms with Crippen molar-refractivity contribution in [1.29, 1.82) is 0 Å². The fourth-order valence-electron chi connectivity index (χ4n) is 3.37. The topological polar surface area (TPSA) is 57.6 Å². The minimum Gasteiger partial charge on any atom is -0.371 e. The fraction of sp³-hybridized carbons (Fsp3) is 0.200. The average molecular weight is 521 g/mol. The van der Waals surface area contributed by atoms with Crippen LogP contribution in [0.1, 0.15) is 12.5 Å². The van der Waals surface area contributed by atoms with Crippen LogP contribution in [0.3, 0.4) is 0 Å². The molecule has 6 nitrogen and oxygen atoms in total. The van der Waals surface area contributed by atoms with Gasteiger partial charge in [-0.15, -0.1) is 5.10 Å². The van der Waals surface area contributed by atoms with Gasteiger partial charge in [-0.2, -0.15) is 15.3 Å². The Morgan fingerprint density at radius 2 is 1.61 bits per heavy atom. The van der Waals surface area contributed by atoms with E-state index in [2.05, 4.69) is 77.0 Å². The van der Waals surface area contributed by atoms with Gasteiger partial charge in [0.2, 0.25) is 4.80 Å². The van der Waals surface area contributed by atoms with Gasteiger partial charge in [-0.1, -0.05) is 51.5 Å². The van der Waals surface area contributed by atoms with Crippen LogP contribution < -0.4 is 9.70 Å². The Morgan fingerprint density at radius 1 is 0.939 bits per heavy atom. The van der Waals surface area contributed by atoms with Gasteiger partial charge in [0.25, 0.3) is 0 Å². The van der Waals surface area contributed by atoms with Crippen molar-refractivity contribution >= 4 is 60.8 Å². The number of benzene rings is 3. The van der Waals surface area contributed by atoms with Gasteiger partial charge in [0.1, 0.15) is 0 Å². The van der Waals surface area contributed by atoms with Crippen LogP contribution in [0.15, 0.2) is 93.2 Å². The van der Waals surface area contributed by atoms with Gasteiger partial charge in [0.05, 0.1) is 27.8 Å². The van der Waals surface area contributed by atoms with E-state index in [0.717, 1.165) is 45.7 Å². The molecule has 0 aliphatic heterocycles. The van der Waals surface area contributed by atoms with Crippen LogP contribution in [0.25, 0.3) is 10.2 Å². The second-order valence-corrected chi connectivity index (χ2v) is 9.13. The minimum absolute atomic E-state index is 0.790. The third-order valence-electron chi connectivity index (χ3n) is 5.19. The van der Waals surface area contributed by atoms with E-state index < -0.39 is 0 Å². The number of para-hydroxylation sites is 1. The van der Waals surface area contributed by atoms with E-state index in [9.17, 15) is 0 Å². The minimum atomic E-state index is 0.790. The molecular weight excluding hydrogens is 496 g/mol. The second kappa shape index (κ2) is 11.2. The van der Waals surface area contributed by atoms with Crippen LogP contribution in [0.5, 0.6) is 0 Å². The van der Waals surface area contributed by atoms with Crippen LogP contribution in [0.2, 0.25) is 0 Å². The molecule has 0 saturated carbocycles. The molecule has 33 heavy (non-hydrogen) atoms. The number of anilines is 1. The Kier molecular flexibility index (Phi) is 7.80. The molecule has 0 saturated heterocycles. The maximum atomic E-state index is 4.38. The molecule has 1 aromatic heterocycles. The molecule has 0 N–H and O–H groups in total. The summed E-state index contributed by atoms with van der Waals surface area (Å²) in [5.41, 5.74) is 4.92. The highest BCUT2D eigenvalue weighted by molar-refractivity contribution is 9.09. The monoisotopic (exact) mass is 520 g/mol. The van der Waals surface area contributed by atoms with Crippen LogP contribution in [-0.2, 0) is 7.05 Å². The fourth-order valence-corrected chi connectivity index (χ4v) is 4.77. The lowest BCUT2D eigenvalue weighted by atomic mass is 10.2. The summed E-state index contributed by atoms with van der Waals surface area (Å²) in [5.74, 6) is 0. The van der Waals surface area contributed by atoms with Gasteiger partial charge in [-0.3, -0.25) is 0 Å². The number of nitrogens with zero attached hydrogens (tertiary/aromatic N) is 6. The smallest absolute Gasteiger partial charge is 0.211 e. The third kappa shape index (κ3) is 5.83. The molecule has 0 aliphatic rings. The first-order valence-corrected chi connectivity index (χ1v) is 12.7. The van der Waals surface area contributed by atoms with Crippen molar-refractivity contribution in [3.8, 4) is 0 Å². The zero-order valence-corrected chi connectivity index (χ0v) is 21.0. The number of thiazole rings is 1. The summed E-state index contributed by atoms with van der Waals surface area (Å²) in [6.45, 7) is 4.10. The number of azo groups is 1. The summed E-state index contributed by atoms with van der Waals surface area (Å²) in [4.78, 5) is 3.17. The molecule has 0 fully saturated rings. The summed E-state index contributed by atoms with van der Waals surface area (Å²) in [6, 6.07) is 24.2. The molecule has 8 heteroatoms. The van der Waals surface area contributed by atoms with Gasteiger partial charge >= 0.3 is 0 Å². The number of aromatic nitrogens is 1. The van der Waals surface area contributed by atoms with Crippen molar-refractivity contribution < 1.29 is 0 Å². The maximum absolute atomic E-state index is 4.38. The van der Waals surface area contributed by atoms with Crippen LogP contribution in [0.4, 0.5) is 17.1 Å². The second-order valence-electron chi connectivity index (χ2n) is 7.33. The van der Waals surface area contributed by atoms with E-state index in [1.54, 1.807) is 17.6 Å². The molecule has 0 radical (unpaired) electrons. The largest absolute Gasteiger partial charge is 0.371 e. The number of halogens is 1. The lowest BCUT2D eigenvalue weighted by Crippen LogP contribution is -2.24. The summed E-state index contributed by atoms with van der Waals surface area (Å²) in [5, 5.41) is 18.3. The summed E-state index contributed by atoms with van der Waals surface area (Å²) in [7, 11) is 2.00. The Bertz CT molecular complexity index is 1320. The molecule has 3 aromatic carbocycles. The normalized spacial score (nSPS) is 12.4. The average Bonchev–Trinajstić information content (AvgIpc) is 3.18. The molecule has 1 heterocycles. The lowest BCUT2D eigenvalue weighted by Gasteiger charge is -2.21. The van der Waals surface area contributed by atoms with Gasteiger partial charge in [0, 0.05) is 31.2 Å². The molecule has 4 aromatic rings. The highest BCUT2D eigenvalue weighted by Crippen LogP contribution is 2.22. The molecular formula is C25H25BrN6S. The van der Waals surface area contributed by atoms with Crippen LogP contribution >= 0.6 is 27.3 Å².